The molecule has 1 N–H and O–H groups in total. The Kier molecular flexibility index (Phi) is 17.5. The van der Waals surface area contributed by atoms with Crippen LogP contribution in [0.1, 0.15) is 146 Å². The van der Waals surface area contributed by atoms with Gasteiger partial charge in [-0.3, -0.25) is 0 Å². The van der Waals surface area contributed by atoms with Crippen LogP contribution < -0.4 is 5.32 Å². The fourth-order valence-electron chi connectivity index (χ4n) is 9.60. The molecule has 1 heteroatoms. The highest BCUT2D eigenvalue weighted by molar-refractivity contribution is 5.70. The summed E-state index contributed by atoms with van der Waals surface area (Å²) in [7, 11) is 2.00. The van der Waals surface area contributed by atoms with Gasteiger partial charge in [-0.25, -0.2) is 0 Å². The van der Waals surface area contributed by atoms with Gasteiger partial charge in [0.15, 0.2) is 0 Å². The van der Waals surface area contributed by atoms with E-state index in [-0.39, 0.29) is 0 Å². The van der Waals surface area contributed by atoms with Crippen molar-refractivity contribution >= 4 is 5.69 Å². The summed E-state index contributed by atoms with van der Waals surface area (Å²) < 4.78 is 0. The molecule has 1 nitrogen and oxygen atoms in total. The van der Waals surface area contributed by atoms with E-state index in [0.717, 1.165) is 35.5 Å². The van der Waals surface area contributed by atoms with E-state index in [0.29, 0.717) is 0 Å². The number of hydrogen-bond donors (Lipinski definition) is 1. The van der Waals surface area contributed by atoms with Crippen molar-refractivity contribution in [2.75, 3.05) is 12.4 Å². The second-order valence-electron chi connectivity index (χ2n) is 18.2. The van der Waals surface area contributed by atoms with Crippen LogP contribution in [0.4, 0.5) is 5.69 Å². The van der Waals surface area contributed by atoms with E-state index in [4.69, 9.17) is 0 Å². The molecule has 2 fully saturated rings. The summed E-state index contributed by atoms with van der Waals surface area (Å²) in [5, 5.41) is 3.30. The molecule has 2 saturated carbocycles. The molecule has 0 radical (unpaired) electrons. The first-order chi connectivity index (χ1) is 26.7. The highest BCUT2D eigenvalue weighted by atomic mass is 14.8. The van der Waals surface area contributed by atoms with Crippen molar-refractivity contribution in [1.82, 2.24) is 0 Å². The lowest BCUT2D eigenvalue weighted by molar-refractivity contribution is 0.163. The van der Waals surface area contributed by atoms with Crippen molar-refractivity contribution in [1.29, 1.82) is 0 Å². The number of rotatable bonds is 16. The monoisotopic (exact) mass is 740 g/mol. The third-order valence-corrected chi connectivity index (χ3v) is 13.9. The van der Waals surface area contributed by atoms with Gasteiger partial charge in [0.05, 0.1) is 0 Å². The number of hydrogen-bond acceptors (Lipinski definition) is 1. The summed E-state index contributed by atoms with van der Waals surface area (Å²) in [5.74, 6) is 5.66. The topological polar surface area (TPSA) is 12.0 Å². The molecular weight excluding hydrogens is 663 g/mol. The Bertz CT molecular complexity index is 1630. The predicted octanol–water partition coefficient (Wildman–Crippen LogP) is 16.1. The van der Waals surface area contributed by atoms with Gasteiger partial charge in [0.2, 0.25) is 0 Å². The molecule has 0 aliphatic heterocycles. The minimum Gasteiger partial charge on any atom is -0.388 e. The van der Waals surface area contributed by atoms with Crippen LogP contribution in [0.15, 0.2) is 91.0 Å². The largest absolute Gasteiger partial charge is 0.388 e. The molecule has 4 aromatic carbocycles. The first-order valence-electron chi connectivity index (χ1n) is 22.8. The van der Waals surface area contributed by atoms with Gasteiger partial charge in [-0.05, 0) is 133 Å². The number of benzene rings is 4. The molecule has 0 saturated heterocycles. The Balaban J connectivity index is 0.000000213. The van der Waals surface area contributed by atoms with E-state index < -0.39 is 0 Å². The Hall–Kier alpha value is -3.32. The average Bonchev–Trinajstić information content (AvgIpc) is 3.23. The Morgan fingerprint density at radius 1 is 0.545 bits per heavy atom. The molecule has 0 amide bonds. The predicted molar refractivity (Wildman–Crippen MR) is 243 cm³/mol. The third-order valence-electron chi connectivity index (χ3n) is 13.9. The van der Waals surface area contributed by atoms with Gasteiger partial charge in [-0.1, -0.05) is 189 Å². The van der Waals surface area contributed by atoms with Crippen molar-refractivity contribution in [3.8, 4) is 22.3 Å². The normalized spacial score (nSPS) is 19.2. The molecule has 2 aliphatic carbocycles. The summed E-state index contributed by atoms with van der Waals surface area (Å²) in [6.45, 7) is 13.9. The maximum absolute atomic E-state index is 3.30. The van der Waals surface area contributed by atoms with Crippen molar-refractivity contribution in [3.05, 3.63) is 113 Å². The van der Waals surface area contributed by atoms with E-state index in [1.807, 2.05) is 7.05 Å². The third kappa shape index (κ3) is 13.7. The van der Waals surface area contributed by atoms with Gasteiger partial charge in [-0.2, -0.15) is 0 Å². The highest BCUT2D eigenvalue weighted by Gasteiger charge is 2.28. The van der Waals surface area contributed by atoms with Crippen LogP contribution in [0.25, 0.3) is 22.3 Å². The fraction of sp³-hybridized carbons (Fsp3) is 0.556. The first kappa shape index (κ1) is 42.8. The van der Waals surface area contributed by atoms with E-state index in [1.165, 1.54) is 159 Å². The van der Waals surface area contributed by atoms with Crippen molar-refractivity contribution < 1.29 is 0 Å². The van der Waals surface area contributed by atoms with Crippen LogP contribution in [0.5, 0.6) is 0 Å². The fourth-order valence-corrected chi connectivity index (χ4v) is 9.60. The zero-order valence-corrected chi connectivity index (χ0v) is 36.1. The van der Waals surface area contributed by atoms with E-state index in [2.05, 4.69) is 138 Å². The zero-order valence-electron chi connectivity index (χ0n) is 36.1. The van der Waals surface area contributed by atoms with Gasteiger partial charge < -0.3 is 5.32 Å². The molecule has 3 unspecified atom stereocenters. The van der Waals surface area contributed by atoms with Gasteiger partial charge in [0, 0.05) is 12.7 Å². The summed E-state index contributed by atoms with van der Waals surface area (Å²) in [4.78, 5) is 0. The maximum Gasteiger partial charge on any atom is 0.0373 e. The molecule has 0 aromatic heterocycles. The molecule has 298 valence electrons. The van der Waals surface area contributed by atoms with E-state index in [9.17, 15) is 0 Å². The lowest BCUT2D eigenvalue weighted by atomic mass is 9.70. The van der Waals surface area contributed by atoms with Gasteiger partial charge >= 0.3 is 0 Å². The van der Waals surface area contributed by atoms with Crippen LogP contribution in [-0.2, 0) is 12.8 Å². The molecular formula is C54H77N. The standard InChI is InChI=1S/C28H39N.C26H38/c1-21-8-15-27(20-28(21)29-2)26-18-13-23(14-19-26)10-9-22-11-16-25(17-12-22)24-6-4-3-5-7-24;1-6-7-22(4)23(5)12-8-20(2)9-13-24-14-18-26(19-15-24)25-16-10-21(3)11-17-25/h8,13-15,18-20,22,24-25,29H,3-7,9-12,16-17H2,1-2H3;10-11,14-20,22-23H,6-9,12-13H2,1-5H3. The molecule has 0 spiro atoms. The minimum absolute atomic E-state index is 0.822. The van der Waals surface area contributed by atoms with Crippen molar-refractivity contribution in [2.24, 2.45) is 35.5 Å². The van der Waals surface area contributed by atoms with Crippen molar-refractivity contribution in [3.63, 3.8) is 0 Å². The molecule has 0 bridgehead atoms. The van der Waals surface area contributed by atoms with Crippen LogP contribution in [0.3, 0.4) is 0 Å². The summed E-state index contributed by atoms with van der Waals surface area (Å²) in [6, 6.07) is 34.0. The second-order valence-corrected chi connectivity index (χ2v) is 18.2. The average molecular weight is 740 g/mol. The maximum atomic E-state index is 3.30. The molecule has 0 heterocycles. The first-order valence-corrected chi connectivity index (χ1v) is 22.8. The van der Waals surface area contributed by atoms with Gasteiger partial charge in [0.1, 0.15) is 0 Å². The summed E-state index contributed by atoms with van der Waals surface area (Å²) in [5.41, 5.74) is 12.1. The Morgan fingerprint density at radius 2 is 1.07 bits per heavy atom. The SMILES string of the molecule is CCCC(C)C(C)CCC(C)CCc1ccc(-c2ccc(C)cc2)cc1.CNc1cc(-c2ccc(CCC3CCC(C4CCCCC4)CC3)cc2)ccc1C. The van der Waals surface area contributed by atoms with E-state index in [1.54, 1.807) is 0 Å². The van der Waals surface area contributed by atoms with Crippen LogP contribution in [-0.4, -0.2) is 7.05 Å². The highest BCUT2D eigenvalue weighted by Crippen LogP contribution is 2.41. The molecule has 3 atom stereocenters. The van der Waals surface area contributed by atoms with Crippen molar-refractivity contribution in [2.45, 2.75) is 151 Å². The Labute approximate surface area is 338 Å². The number of aryl methyl sites for hydroxylation is 4. The van der Waals surface area contributed by atoms with Crippen LogP contribution >= 0.6 is 0 Å². The van der Waals surface area contributed by atoms with Gasteiger partial charge in [0.25, 0.3) is 0 Å². The summed E-state index contributed by atoms with van der Waals surface area (Å²) in [6.07, 6.45) is 24.1. The molecule has 55 heavy (non-hydrogen) atoms. The second kappa shape index (κ2) is 22.4. The van der Waals surface area contributed by atoms with E-state index >= 15 is 0 Å². The number of anilines is 1. The smallest absolute Gasteiger partial charge is 0.0373 e. The summed E-state index contributed by atoms with van der Waals surface area (Å²) >= 11 is 0. The molecule has 4 aromatic rings. The zero-order chi connectivity index (χ0) is 39.0. The minimum atomic E-state index is 0.822. The lowest BCUT2D eigenvalue weighted by Gasteiger charge is -2.36. The van der Waals surface area contributed by atoms with Crippen LogP contribution in [0, 0.1) is 49.4 Å². The Morgan fingerprint density at radius 3 is 1.67 bits per heavy atom. The lowest BCUT2D eigenvalue weighted by Crippen LogP contribution is -2.23. The number of nitrogens with one attached hydrogen (secondary N) is 1. The quantitative estimate of drug-likeness (QED) is 0.121. The van der Waals surface area contributed by atoms with Crippen LogP contribution in [0.2, 0.25) is 0 Å². The molecule has 6 rings (SSSR count). The van der Waals surface area contributed by atoms with Gasteiger partial charge in [-0.15, -0.1) is 0 Å². The molecule has 2 aliphatic rings.